The number of aliphatic carboxylic acids is 1. The molecule has 2 rings (SSSR count). The van der Waals surface area contributed by atoms with Crippen molar-refractivity contribution in [2.75, 3.05) is 6.54 Å². The number of carbonyl (C=O) groups excluding carboxylic acids is 1. The highest BCUT2D eigenvalue weighted by Gasteiger charge is 2.27. The maximum Gasteiger partial charge on any atom is 0.303 e. The van der Waals surface area contributed by atoms with Gasteiger partial charge in [0, 0.05) is 24.3 Å². The van der Waals surface area contributed by atoms with Crippen LogP contribution in [0.5, 0.6) is 0 Å². The number of nitrogens with zero attached hydrogens (tertiary/aromatic N) is 1. The van der Waals surface area contributed by atoms with Gasteiger partial charge in [-0.05, 0) is 36.8 Å². The van der Waals surface area contributed by atoms with E-state index in [1.54, 1.807) is 11.3 Å². The molecule has 0 saturated heterocycles. The van der Waals surface area contributed by atoms with E-state index in [0.29, 0.717) is 12.8 Å². The van der Waals surface area contributed by atoms with Gasteiger partial charge in [-0.15, -0.1) is 11.3 Å². The highest BCUT2D eigenvalue weighted by Crippen LogP contribution is 2.33. The number of hydrogen-bond donors (Lipinski definition) is 1. The molecule has 1 amide bonds. The quantitative estimate of drug-likeness (QED) is 0.911. The van der Waals surface area contributed by atoms with Crippen LogP contribution in [0, 0.1) is 0 Å². The van der Waals surface area contributed by atoms with Crippen LogP contribution in [0.1, 0.15) is 42.7 Å². The number of carboxylic acid groups (broad SMARTS) is 1. The van der Waals surface area contributed by atoms with Crippen molar-refractivity contribution in [3.8, 4) is 0 Å². The predicted octanol–water partition coefficient (Wildman–Crippen LogP) is 2.45. The maximum atomic E-state index is 12.1. The lowest BCUT2D eigenvalue weighted by atomic mass is 10.0. The lowest BCUT2D eigenvalue weighted by Gasteiger charge is -2.33. The summed E-state index contributed by atoms with van der Waals surface area (Å²) in [5.74, 6) is -0.768. The van der Waals surface area contributed by atoms with E-state index in [0.717, 1.165) is 13.0 Å². The number of hydrogen-bond acceptors (Lipinski definition) is 3. The summed E-state index contributed by atoms with van der Waals surface area (Å²) in [6.07, 6.45) is 1.74. The van der Waals surface area contributed by atoms with Gasteiger partial charge in [-0.2, -0.15) is 0 Å². The number of carboxylic acids is 1. The number of fused-ring (bicyclic) bond motifs is 1. The fourth-order valence-corrected chi connectivity index (χ4v) is 3.35. The Morgan fingerprint density at radius 1 is 1.50 bits per heavy atom. The predicted molar refractivity (Wildman–Crippen MR) is 69.6 cm³/mol. The van der Waals surface area contributed by atoms with E-state index in [1.165, 1.54) is 10.4 Å². The molecule has 4 nitrogen and oxygen atoms in total. The molecule has 0 radical (unpaired) electrons. The van der Waals surface area contributed by atoms with Crippen molar-refractivity contribution in [3.05, 3.63) is 21.9 Å². The van der Waals surface area contributed by atoms with Crippen LogP contribution in [0.4, 0.5) is 0 Å². The third-order valence-electron chi connectivity index (χ3n) is 3.38. The Morgan fingerprint density at radius 2 is 2.28 bits per heavy atom. The van der Waals surface area contributed by atoms with Crippen molar-refractivity contribution in [3.63, 3.8) is 0 Å². The second-order valence-corrected chi connectivity index (χ2v) is 5.56. The van der Waals surface area contributed by atoms with Gasteiger partial charge in [0.1, 0.15) is 0 Å². The molecule has 1 aromatic rings. The van der Waals surface area contributed by atoms with Crippen LogP contribution >= 0.6 is 11.3 Å². The molecule has 1 aliphatic rings. The summed E-state index contributed by atoms with van der Waals surface area (Å²) in [4.78, 5) is 25.7. The van der Waals surface area contributed by atoms with Gasteiger partial charge >= 0.3 is 5.97 Å². The topological polar surface area (TPSA) is 57.6 Å². The summed E-state index contributed by atoms with van der Waals surface area (Å²) in [7, 11) is 0. The van der Waals surface area contributed by atoms with E-state index in [4.69, 9.17) is 5.11 Å². The van der Waals surface area contributed by atoms with Gasteiger partial charge in [-0.25, -0.2) is 0 Å². The van der Waals surface area contributed by atoms with Crippen molar-refractivity contribution in [1.82, 2.24) is 4.90 Å². The molecule has 1 aromatic heterocycles. The monoisotopic (exact) mass is 267 g/mol. The highest BCUT2D eigenvalue weighted by atomic mass is 32.1. The van der Waals surface area contributed by atoms with Crippen molar-refractivity contribution in [1.29, 1.82) is 0 Å². The van der Waals surface area contributed by atoms with Gasteiger partial charge in [-0.3, -0.25) is 9.59 Å². The third-order valence-corrected chi connectivity index (χ3v) is 4.38. The summed E-state index contributed by atoms with van der Waals surface area (Å²) in [5.41, 5.74) is 1.25. The average Bonchev–Trinajstić information content (AvgIpc) is 2.77. The van der Waals surface area contributed by atoms with E-state index < -0.39 is 5.97 Å². The molecule has 1 aliphatic heterocycles. The normalized spacial score (nSPS) is 18.5. The first-order valence-electron chi connectivity index (χ1n) is 6.17. The van der Waals surface area contributed by atoms with Crippen LogP contribution < -0.4 is 0 Å². The first-order chi connectivity index (χ1) is 8.59. The fraction of sp³-hybridized carbons (Fsp3) is 0.538. The Balaban J connectivity index is 1.94. The van der Waals surface area contributed by atoms with Crippen molar-refractivity contribution >= 4 is 23.2 Å². The molecule has 0 aliphatic carbocycles. The van der Waals surface area contributed by atoms with Gasteiger partial charge in [0.05, 0.1) is 6.04 Å². The molecular formula is C13H17NO3S. The molecule has 0 bridgehead atoms. The Hall–Kier alpha value is -1.36. The zero-order valence-electron chi connectivity index (χ0n) is 10.4. The van der Waals surface area contributed by atoms with Crippen LogP contribution in [0.3, 0.4) is 0 Å². The van der Waals surface area contributed by atoms with E-state index in [1.807, 2.05) is 11.8 Å². The molecule has 18 heavy (non-hydrogen) atoms. The van der Waals surface area contributed by atoms with E-state index in [9.17, 15) is 9.59 Å². The standard InChI is InChI=1S/C13H17NO3S/c1-9-10-6-8-18-11(10)5-7-14(9)12(15)3-2-4-13(16)17/h6,8-9H,2-5,7H2,1H3,(H,16,17). The molecule has 98 valence electrons. The highest BCUT2D eigenvalue weighted by molar-refractivity contribution is 7.10. The van der Waals surface area contributed by atoms with Crippen molar-refractivity contribution in [2.24, 2.45) is 0 Å². The third kappa shape index (κ3) is 2.72. The molecule has 1 atom stereocenters. The Bertz CT molecular complexity index is 455. The van der Waals surface area contributed by atoms with Crippen LogP contribution in [-0.4, -0.2) is 28.4 Å². The fourth-order valence-electron chi connectivity index (χ4n) is 2.38. The molecular weight excluding hydrogens is 250 g/mol. The Morgan fingerprint density at radius 3 is 3.00 bits per heavy atom. The van der Waals surface area contributed by atoms with Gasteiger partial charge in [0.15, 0.2) is 0 Å². The smallest absolute Gasteiger partial charge is 0.303 e. The maximum absolute atomic E-state index is 12.1. The van der Waals surface area contributed by atoms with Crippen molar-refractivity contribution in [2.45, 2.75) is 38.6 Å². The second kappa shape index (κ2) is 5.52. The SMILES string of the molecule is CC1c2ccsc2CCN1C(=O)CCCC(=O)O. The molecule has 0 saturated carbocycles. The minimum atomic E-state index is -0.838. The zero-order valence-corrected chi connectivity index (χ0v) is 11.2. The van der Waals surface area contributed by atoms with Crippen molar-refractivity contribution < 1.29 is 14.7 Å². The summed E-state index contributed by atoms with van der Waals surface area (Å²) in [6, 6.07) is 2.21. The first kappa shape index (κ1) is 13.1. The number of thiophene rings is 1. The van der Waals surface area contributed by atoms with Gasteiger partial charge in [0.2, 0.25) is 5.91 Å². The van der Waals surface area contributed by atoms with E-state index >= 15 is 0 Å². The lowest BCUT2D eigenvalue weighted by molar-refractivity contribution is -0.137. The Kier molecular flexibility index (Phi) is 4.01. The van der Waals surface area contributed by atoms with Gasteiger partial charge in [-0.1, -0.05) is 0 Å². The van der Waals surface area contributed by atoms with Crippen LogP contribution in [0.2, 0.25) is 0 Å². The summed E-state index contributed by atoms with van der Waals surface area (Å²) in [5, 5.41) is 10.6. The second-order valence-electron chi connectivity index (χ2n) is 4.56. The average molecular weight is 267 g/mol. The molecule has 0 aromatic carbocycles. The molecule has 5 heteroatoms. The van der Waals surface area contributed by atoms with Gasteiger partial charge < -0.3 is 10.0 Å². The van der Waals surface area contributed by atoms with Crippen LogP contribution in [0.25, 0.3) is 0 Å². The largest absolute Gasteiger partial charge is 0.481 e. The van der Waals surface area contributed by atoms with Crippen LogP contribution in [-0.2, 0) is 16.0 Å². The molecule has 0 fully saturated rings. The van der Waals surface area contributed by atoms with E-state index in [-0.39, 0.29) is 18.4 Å². The number of carbonyl (C=O) groups is 2. The molecule has 0 spiro atoms. The Labute approximate surface area is 110 Å². The van der Waals surface area contributed by atoms with Crippen LogP contribution in [0.15, 0.2) is 11.4 Å². The molecule has 1 unspecified atom stereocenters. The first-order valence-corrected chi connectivity index (χ1v) is 7.05. The molecule has 1 N–H and O–H groups in total. The minimum absolute atomic E-state index is 0.0671. The number of amides is 1. The summed E-state index contributed by atoms with van der Waals surface area (Å²) >= 11 is 1.75. The number of rotatable bonds is 4. The summed E-state index contributed by atoms with van der Waals surface area (Å²) in [6.45, 7) is 2.79. The minimum Gasteiger partial charge on any atom is -0.481 e. The van der Waals surface area contributed by atoms with E-state index in [2.05, 4.69) is 11.4 Å². The van der Waals surface area contributed by atoms with Gasteiger partial charge in [0.25, 0.3) is 0 Å². The molecule has 2 heterocycles. The summed E-state index contributed by atoms with van der Waals surface area (Å²) < 4.78 is 0. The zero-order chi connectivity index (χ0) is 13.1. The lowest BCUT2D eigenvalue weighted by Crippen LogP contribution is -2.38.